The molecule has 0 radical (unpaired) electrons. The summed E-state index contributed by atoms with van der Waals surface area (Å²) in [5.41, 5.74) is 0. The van der Waals surface area contributed by atoms with Gasteiger partial charge in [-0.15, -0.1) is 0 Å². The fraction of sp³-hybridized carbons (Fsp3) is 0.310. The van der Waals surface area contributed by atoms with E-state index in [1.54, 1.807) is 0 Å². The van der Waals surface area contributed by atoms with Gasteiger partial charge in [0, 0.05) is 0 Å². The van der Waals surface area contributed by atoms with Crippen molar-refractivity contribution < 1.29 is 0 Å². The summed E-state index contributed by atoms with van der Waals surface area (Å²) in [5.74, 6) is 0. The van der Waals surface area contributed by atoms with Crippen LogP contribution in [0.4, 0.5) is 0 Å². The second-order valence-corrected chi connectivity index (χ2v) is 19.1. The van der Waals surface area contributed by atoms with Crippen LogP contribution in [0.15, 0.2) is 103 Å². The van der Waals surface area contributed by atoms with Gasteiger partial charge < -0.3 is 0 Å². The van der Waals surface area contributed by atoms with E-state index in [2.05, 4.69) is 132 Å². The van der Waals surface area contributed by atoms with Crippen molar-refractivity contribution in [1.29, 1.82) is 0 Å². The van der Waals surface area contributed by atoms with Gasteiger partial charge in [0.25, 0.3) is 0 Å². The summed E-state index contributed by atoms with van der Waals surface area (Å²) in [7, 11) is 0. The minimum atomic E-state index is -2.59. The van der Waals surface area contributed by atoms with E-state index in [9.17, 15) is 0 Å². The number of hydrogen-bond donors (Lipinski definition) is 0. The quantitative estimate of drug-likeness (QED) is 0.0938. The van der Waals surface area contributed by atoms with Crippen LogP contribution in [0.25, 0.3) is 0 Å². The fourth-order valence-electron chi connectivity index (χ4n) is 4.48. The molecule has 0 saturated carbocycles. The van der Waals surface area contributed by atoms with E-state index in [-0.39, 0.29) is 0 Å². The van der Waals surface area contributed by atoms with E-state index in [1.165, 1.54) is 60.6 Å². The maximum absolute atomic E-state index is 2.90. The van der Waals surface area contributed by atoms with Gasteiger partial charge in [-0.05, 0) is 0 Å². The maximum atomic E-state index is 2.90. The standard InChI is InChI=1S/C29H36IP/c1-2-3-4-5-6-7-8-9-19-26-31(30,27-20-13-10-14-21-27,28-22-15-11-16-23-28)29-24-17-12-18-25-29/h7-8,10-18,20-25H,2-6,9,19,26H2,1H3/b8-7-. The van der Waals surface area contributed by atoms with E-state index in [0.717, 1.165) is 6.42 Å². The molecule has 0 amide bonds. The van der Waals surface area contributed by atoms with Crippen LogP contribution >= 0.6 is 26.3 Å². The van der Waals surface area contributed by atoms with Gasteiger partial charge in [-0.2, -0.15) is 0 Å². The van der Waals surface area contributed by atoms with Crippen LogP contribution in [0.5, 0.6) is 0 Å². The first-order valence-electron chi connectivity index (χ1n) is 11.7. The topological polar surface area (TPSA) is 0 Å². The molecule has 0 aliphatic heterocycles. The van der Waals surface area contributed by atoms with Crippen LogP contribution in [0.3, 0.4) is 0 Å². The van der Waals surface area contributed by atoms with Gasteiger partial charge in [-0.25, -0.2) is 0 Å². The summed E-state index contributed by atoms with van der Waals surface area (Å²) in [4.78, 5) is 0. The SMILES string of the molecule is CCCCCC/C=C\CCCP(I)(c1ccccc1)(c1ccccc1)c1ccccc1. The van der Waals surface area contributed by atoms with E-state index in [1.807, 2.05) is 0 Å². The van der Waals surface area contributed by atoms with Crippen molar-refractivity contribution in [2.24, 2.45) is 0 Å². The Morgan fingerprint density at radius 3 is 1.42 bits per heavy atom. The van der Waals surface area contributed by atoms with Crippen LogP contribution in [0.1, 0.15) is 51.9 Å². The third kappa shape index (κ3) is 5.68. The molecule has 0 atom stereocenters. The van der Waals surface area contributed by atoms with Crippen molar-refractivity contribution in [3.05, 3.63) is 103 Å². The molecular weight excluding hydrogens is 506 g/mol. The predicted octanol–water partition coefficient (Wildman–Crippen LogP) is 8.17. The molecule has 164 valence electrons. The molecule has 0 bridgehead atoms. The molecule has 3 aromatic carbocycles. The minimum absolute atomic E-state index is 1.15. The van der Waals surface area contributed by atoms with Crippen molar-refractivity contribution >= 4 is 42.2 Å². The molecule has 2 heteroatoms. The third-order valence-electron chi connectivity index (χ3n) is 6.22. The normalized spacial score (nSPS) is 13.2. The Labute approximate surface area is 202 Å². The van der Waals surface area contributed by atoms with Gasteiger partial charge in [0.05, 0.1) is 0 Å². The monoisotopic (exact) mass is 542 g/mol. The molecule has 0 N–H and O–H groups in total. The Hall–Kier alpha value is -1.44. The number of halogens is 1. The Morgan fingerprint density at radius 1 is 0.581 bits per heavy atom. The van der Waals surface area contributed by atoms with Crippen LogP contribution in [0, 0.1) is 0 Å². The van der Waals surface area contributed by atoms with E-state index >= 15 is 0 Å². The molecule has 0 aromatic heterocycles. The summed E-state index contributed by atoms with van der Waals surface area (Å²) in [5, 5.41) is 4.44. The first-order chi connectivity index (χ1) is 15.2. The van der Waals surface area contributed by atoms with Crippen LogP contribution < -0.4 is 15.9 Å². The molecule has 0 aliphatic carbocycles. The van der Waals surface area contributed by atoms with E-state index < -0.39 is 4.25 Å². The zero-order valence-electron chi connectivity index (χ0n) is 18.8. The molecule has 0 fully saturated rings. The molecule has 0 saturated heterocycles. The Kier molecular flexibility index (Phi) is 9.35. The number of hydrogen-bond acceptors (Lipinski definition) is 0. The first kappa shape index (κ1) is 24.2. The molecule has 31 heavy (non-hydrogen) atoms. The molecule has 3 rings (SSSR count). The number of unbranched alkanes of at least 4 members (excludes halogenated alkanes) is 5. The van der Waals surface area contributed by atoms with Crippen molar-refractivity contribution in [3.8, 4) is 0 Å². The van der Waals surface area contributed by atoms with Crippen molar-refractivity contribution in [2.45, 2.75) is 51.9 Å². The van der Waals surface area contributed by atoms with Gasteiger partial charge in [0.2, 0.25) is 0 Å². The van der Waals surface area contributed by atoms with Gasteiger partial charge >= 0.3 is 203 Å². The van der Waals surface area contributed by atoms with Crippen molar-refractivity contribution in [2.75, 3.05) is 6.16 Å². The summed E-state index contributed by atoms with van der Waals surface area (Å²) < 4.78 is -2.59. The zero-order valence-corrected chi connectivity index (χ0v) is 21.8. The van der Waals surface area contributed by atoms with Crippen molar-refractivity contribution in [3.63, 3.8) is 0 Å². The van der Waals surface area contributed by atoms with Gasteiger partial charge in [0.15, 0.2) is 0 Å². The molecular formula is C29H36IP. The average Bonchev–Trinajstić information content (AvgIpc) is 2.84. The second-order valence-electron chi connectivity index (χ2n) is 8.38. The van der Waals surface area contributed by atoms with Crippen LogP contribution in [0.2, 0.25) is 0 Å². The van der Waals surface area contributed by atoms with Gasteiger partial charge in [0.1, 0.15) is 0 Å². The summed E-state index contributed by atoms with van der Waals surface area (Å²) >= 11 is 2.90. The molecule has 0 heterocycles. The predicted molar refractivity (Wildman–Crippen MR) is 151 cm³/mol. The molecule has 3 aromatic rings. The number of allylic oxidation sites excluding steroid dienone is 2. The molecule has 0 nitrogen and oxygen atoms in total. The fourth-order valence-corrected chi connectivity index (χ4v) is 13.2. The van der Waals surface area contributed by atoms with Crippen LogP contribution in [-0.4, -0.2) is 6.16 Å². The third-order valence-corrected chi connectivity index (χ3v) is 18.0. The summed E-state index contributed by atoms with van der Waals surface area (Å²) in [6.07, 6.45) is 15.0. The van der Waals surface area contributed by atoms with Gasteiger partial charge in [-0.3, -0.25) is 0 Å². The zero-order chi connectivity index (χ0) is 21.9. The van der Waals surface area contributed by atoms with E-state index in [0.29, 0.717) is 0 Å². The number of rotatable bonds is 12. The summed E-state index contributed by atoms with van der Waals surface area (Å²) in [6, 6.07) is 33.8. The van der Waals surface area contributed by atoms with Gasteiger partial charge in [-0.1, -0.05) is 0 Å². The molecule has 0 spiro atoms. The molecule has 0 unspecified atom stereocenters. The van der Waals surface area contributed by atoms with Crippen molar-refractivity contribution in [1.82, 2.24) is 0 Å². The Balaban J connectivity index is 1.91. The molecule has 0 aliphatic rings. The Bertz CT molecular complexity index is 819. The van der Waals surface area contributed by atoms with Crippen LogP contribution in [-0.2, 0) is 0 Å². The summed E-state index contributed by atoms with van der Waals surface area (Å²) in [6.45, 7) is 2.28. The first-order valence-corrected chi connectivity index (χ1v) is 17.0. The Morgan fingerprint density at radius 2 is 1.00 bits per heavy atom. The van der Waals surface area contributed by atoms with E-state index in [4.69, 9.17) is 0 Å². The average molecular weight is 542 g/mol. The number of benzene rings is 3. The second kappa shape index (κ2) is 12.0.